The van der Waals surface area contributed by atoms with Crippen molar-refractivity contribution in [3.63, 3.8) is 0 Å². The van der Waals surface area contributed by atoms with Crippen LogP contribution in [0.3, 0.4) is 0 Å². The lowest BCUT2D eigenvalue weighted by molar-refractivity contribution is 0.0679. The zero-order chi connectivity index (χ0) is 10.6. The average Bonchev–Trinajstić information content (AvgIpc) is 2.04. The molecule has 0 aromatic carbocycles. The lowest BCUT2D eigenvalue weighted by atomic mass is 9.63. The third-order valence-electron chi connectivity index (χ3n) is 4.17. The van der Waals surface area contributed by atoms with Crippen molar-refractivity contribution < 1.29 is 0 Å². The Labute approximate surface area is 85.1 Å². The summed E-state index contributed by atoms with van der Waals surface area (Å²) in [5.41, 5.74) is 0.531. The summed E-state index contributed by atoms with van der Waals surface area (Å²) in [5.74, 6) is 2.49. The van der Waals surface area contributed by atoms with Gasteiger partial charge in [0, 0.05) is 0 Å². The smallest absolute Gasteiger partial charge is 0.0275 e. The highest BCUT2D eigenvalue weighted by molar-refractivity contribution is 4.85. The summed E-state index contributed by atoms with van der Waals surface area (Å²) in [6.07, 6.45) is 2.63. The third-order valence-corrected chi connectivity index (χ3v) is 4.17. The van der Waals surface area contributed by atoms with Crippen molar-refractivity contribution in [1.29, 1.82) is 0 Å². The van der Waals surface area contributed by atoms with Gasteiger partial charge in [-0.05, 0) is 23.2 Å². The number of rotatable bonds is 5. The van der Waals surface area contributed by atoms with E-state index in [0.717, 1.165) is 17.8 Å². The standard InChI is InChI=1S/C13H28/c1-8-12(10(3)4)13(7,9-2)11(5)6/h10-12H,8-9H2,1-7H3. The predicted octanol–water partition coefficient (Wildman–Crippen LogP) is 4.74. The second kappa shape index (κ2) is 5.02. The zero-order valence-electron chi connectivity index (χ0n) is 10.6. The molecule has 2 atom stereocenters. The van der Waals surface area contributed by atoms with Gasteiger partial charge < -0.3 is 0 Å². The van der Waals surface area contributed by atoms with E-state index in [1.807, 2.05) is 0 Å². The molecule has 13 heavy (non-hydrogen) atoms. The van der Waals surface area contributed by atoms with E-state index in [2.05, 4.69) is 48.5 Å². The Bertz CT molecular complexity index is 135. The van der Waals surface area contributed by atoms with Crippen molar-refractivity contribution in [2.24, 2.45) is 23.2 Å². The van der Waals surface area contributed by atoms with Crippen LogP contribution in [-0.2, 0) is 0 Å². The lowest BCUT2D eigenvalue weighted by Gasteiger charge is -2.42. The molecule has 0 rings (SSSR count). The van der Waals surface area contributed by atoms with Crippen LogP contribution < -0.4 is 0 Å². The first-order valence-electron chi connectivity index (χ1n) is 5.90. The van der Waals surface area contributed by atoms with E-state index in [-0.39, 0.29) is 0 Å². The quantitative estimate of drug-likeness (QED) is 0.579. The van der Waals surface area contributed by atoms with Gasteiger partial charge in [-0.2, -0.15) is 0 Å². The Kier molecular flexibility index (Phi) is 5.02. The van der Waals surface area contributed by atoms with Crippen molar-refractivity contribution in [3.8, 4) is 0 Å². The Morgan fingerprint density at radius 2 is 1.46 bits per heavy atom. The summed E-state index contributed by atoms with van der Waals surface area (Å²) in [4.78, 5) is 0. The van der Waals surface area contributed by atoms with Crippen molar-refractivity contribution >= 4 is 0 Å². The highest BCUT2D eigenvalue weighted by Gasteiger charge is 2.35. The first-order valence-corrected chi connectivity index (χ1v) is 5.90. The van der Waals surface area contributed by atoms with Crippen molar-refractivity contribution in [1.82, 2.24) is 0 Å². The Balaban J connectivity index is 4.69. The molecule has 0 heteroatoms. The van der Waals surface area contributed by atoms with E-state index < -0.39 is 0 Å². The molecule has 0 nitrogen and oxygen atoms in total. The van der Waals surface area contributed by atoms with Gasteiger partial charge in [0.2, 0.25) is 0 Å². The van der Waals surface area contributed by atoms with Crippen LogP contribution in [-0.4, -0.2) is 0 Å². The Morgan fingerprint density at radius 1 is 1.00 bits per heavy atom. The van der Waals surface area contributed by atoms with Crippen molar-refractivity contribution in [2.75, 3.05) is 0 Å². The molecule has 0 aromatic rings. The topological polar surface area (TPSA) is 0 Å². The molecule has 0 spiro atoms. The van der Waals surface area contributed by atoms with Gasteiger partial charge in [0.05, 0.1) is 0 Å². The molecular weight excluding hydrogens is 156 g/mol. The van der Waals surface area contributed by atoms with Crippen LogP contribution in [0.4, 0.5) is 0 Å². The summed E-state index contributed by atoms with van der Waals surface area (Å²) in [7, 11) is 0. The molecule has 0 saturated carbocycles. The number of hydrogen-bond donors (Lipinski definition) is 0. The molecule has 0 amide bonds. The minimum absolute atomic E-state index is 0.531. The highest BCUT2D eigenvalue weighted by atomic mass is 14.4. The molecule has 0 fully saturated rings. The molecule has 0 aliphatic heterocycles. The first-order chi connectivity index (χ1) is 5.90. The first kappa shape index (κ1) is 13.0. The fourth-order valence-corrected chi connectivity index (χ4v) is 2.80. The minimum atomic E-state index is 0.531. The Hall–Kier alpha value is 0. The van der Waals surface area contributed by atoms with E-state index in [0.29, 0.717) is 5.41 Å². The summed E-state index contributed by atoms with van der Waals surface area (Å²) in [6.45, 7) is 16.6. The Morgan fingerprint density at radius 3 is 1.54 bits per heavy atom. The second-order valence-corrected chi connectivity index (χ2v) is 5.27. The molecule has 0 aliphatic carbocycles. The number of hydrogen-bond acceptors (Lipinski definition) is 0. The molecule has 0 N–H and O–H groups in total. The van der Waals surface area contributed by atoms with E-state index >= 15 is 0 Å². The summed E-state index contributed by atoms with van der Waals surface area (Å²) in [5, 5.41) is 0. The fourth-order valence-electron chi connectivity index (χ4n) is 2.80. The van der Waals surface area contributed by atoms with Gasteiger partial charge >= 0.3 is 0 Å². The minimum Gasteiger partial charge on any atom is -0.0651 e. The van der Waals surface area contributed by atoms with Gasteiger partial charge in [0.25, 0.3) is 0 Å². The zero-order valence-corrected chi connectivity index (χ0v) is 10.6. The van der Waals surface area contributed by atoms with Crippen molar-refractivity contribution in [3.05, 3.63) is 0 Å². The molecule has 0 bridgehead atoms. The molecule has 2 unspecified atom stereocenters. The SMILES string of the molecule is CCC(C(C)C)C(C)(CC)C(C)C. The van der Waals surface area contributed by atoms with Gasteiger partial charge in [-0.25, -0.2) is 0 Å². The van der Waals surface area contributed by atoms with E-state index in [9.17, 15) is 0 Å². The fraction of sp³-hybridized carbons (Fsp3) is 1.00. The van der Waals surface area contributed by atoms with Crippen LogP contribution >= 0.6 is 0 Å². The van der Waals surface area contributed by atoms with Crippen LogP contribution in [0.25, 0.3) is 0 Å². The third kappa shape index (κ3) is 2.72. The van der Waals surface area contributed by atoms with Gasteiger partial charge in [0.1, 0.15) is 0 Å². The second-order valence-electron chi connectivity index (χ2n) is 5.27. The molecule has 0 heterocycles. The molecule has 0 radical (unpaired) electrons. The van der Waals surface area contributed by atoms with Crippen molar-refractivity contribution in [2.45, 2.75) is 61.3 Å². The normalized spacial score (nSPS) is 19.2. The van der Waals surface area contributed by atoms with Crippen LogP contribution in [0.1, 0.15) is 61.3 Å². The average molecular weight is 184 g/mol. The molecule has 0 aromatic heterocycles. The van der Waals surface area contributed by atoms with E-state index in [1.165, 1.54) is 12.8 Å². The largest absolute Gasteiger partial charge is 0.0651 e. The van der Waals surface area contributed by atoms with Crippen LogP contribution in [0, 0.1) is 23.2 Å². The molecule has 80 valence electrons. The van der Waals surface area contributed by atoms with E-state index in [4.69, 9.17) is 0 Å². The van der Waals surface area contributed by atoms with E-state index in [1.54, 1.807) is 0 Å². The summed E-state index contributed by atoms with van der Waals surface area (Å²) in [6, 6.07) is 0. The predicted molar refractivity (Wildman–Crippen MR) is 61.9 cm³/mol. The molecule has 0 saturated heterocycles. The maximum atomic E-state index is 2.46. The summed E-state index contributed by atoms with van der Waals surface area (Å²) < 4.78 is 0. The van der Waals surface area contributed by atoms with Crippen LogP contribution in [0.15, 0.2) is 0 Å². The highest BCUT2D eigenvalue weighted by Crippen LogP contribution is 2.43. The monoisotopic (exact) mass is 184 g/mol. The molecular formula is C13H28. The lowest BCUT2D eigenvalue weighted by Crippen LogP contribution is -2.35. The van der Waals surface area contributed by atoms with Gasteiger partial charge in [-0.1, -0.05) is 61.3 Å². The van der Waals surface area contributed by atoms with Gasteiger partial charge in [-0.3, -0.25) is 0 Å². The molecule has 0 aliphatic rings. The van der Waals surface area contributed by atoms with Crippen LogP contribution in [0.2, 0.25) is 0 Å². The maximum absolute atomic E-state index is 2.46. The van der Waals surface area contributed by atoms with Gasteiger partial charge in [-0.15, -0.1) is 0 Å². The maximum Gasteiger partial charge on any atom is -0.0275 e. The summed E-state index contributed by atoms with van der Waals surface area (Å²) >= 11 is 0. The van der Waals surface area contributed by atoms with Crippen LogP contribution in [0.5, 0.6) is 0 Å². The van der Waals surface area contributed by atoms with Gasteiger partial charge in [0.15, 0.2) is 0 Å².